The van der Waals surface area contributed by atoms with Gasteiger partial charge < -0.3 is 11.5 Å². The molecule has 0 saturated heterocycles. The highest BCUT2D eigenvalue weighted by Crippen LogP contribution is 2.25. The van der Waals surface area contributed by atoms with Crippen LogP contribution in [0.2, 0.25) is 0 Å². The van der Waals surface area contributed by atoms with Gasteiger partial charge in [-0.1, -0.05) is 11.6 Å². The standard InChI is InChI=1S/C6H8Cl2N2/c7-5-3-4(9)1-2-6(5,8)10/h1-3,5H,9-10H2. The normalized spacial score (nSPS) is 39.5. The summed E-state index contributed by atoms with van der Waals surface area (Å²) in [6.07, 6.45) is 4.85. The lowest BCUT2D eigenvalue weighted by atomic mass is 10.1. The maximum atomic E-state index is 5.75. The van der Waals surface area contributed by atoms with Crippen LogP contribution in [0.25, 0.3) is 0 Å². The van der Waals surface area contributed by atoms with E-state index in [0.29, 0.717) is 5.70 Å². The van der Waals surface area contributed by atoms with Crippen LogP contribution in [-0.4, -0.2) is 10.4 Å². The van der Waals surface area contributed by atoms with E-state index >= 15 is 0 Å². The van der Waals surface area contributed by atoms with Crippen molar-refractivity contribution in [3.63, 3.8) is 0 Å². The van der Waals surface area contributed by atoms with E-state index in [1.165, 1.54) is 0 Å². The lowest BCUT2D eigenvalue weighted by Crippen LogP contribution is -2.41. The van der Waals surface area contributed by atoms with E-state index in [2.05, 4.69) is 0 Å². The number of nitrogens with two attached hydrogens (primary N) is 2. The van der Waals surface area contributed by atoms with Gasteiger partial charge in [0, 0.05) is 5.70 Å². The molecule has 0 fully saturated rings. The number of hydrogen-bond donors (Lipinski definition) is 2. The van der Waals surface area contributed by atoms with E-state index in [9.17, 15) is 0 Å². The molecule has 4 N–H and O–H groups in total. The molecule has 0 saturated carbocycles. The van der Waals surface area contributed by atoms with Crippen LogP contribution < -0.4 is 11.5 Å². The first-order chi connectivity index (χ1) is 4.52. The molecule has 2 atom stereocenters. The van der Waals surface area contributed by atoms with E-state index in [1.807, 2.05) is 0 Å². The van der Waals surface area contributed by atoms with Crippen molar-refractivity contribution in [2.75, 3.05) is 0 Å². The molecule has 10 heavy (non-hydrogen) atoms. The SMILES string of the molecule is NC1=CC(Cl)C(N)(Cl)C=C1. The monoisotopic (exact) mass is 178 g/mol. The van der Waals surface area contributed by atoms with Gasteiger partial charge in [-0.05, 0) is 18.2 Å². The van der Waals surface area contributed by atoms with Crippen LogP contribution in [0, 0.1) is 0 Å². The third-order valence-electron chi connectivity index (χ3n) is 1.29. The van der Waals surface area contributed by atoms with Crippen LogP contribution in [-0.2, 0) is 0 Å². The summed E-state index contributed by atoms with van der Waals surface area (Å²) >= 11 is 11.5. The van der Waals surface area contributed by atoms with Crippen molar-refractivity contribution in [1.29, 1.82) is 0 Å². The molecule has 0 aromatic rings. The summed E-state index contributed by atoms with van der Waals surface area (Å²) < 4.78 is 0. The summed E-state index contributed by atoms with van der Waals surface area (Å²) in [4.78, 5) is -0.982. The fourth-order valence-electron chi connectivity index (χ4n) is 0.668. The Morgan fingerprint density at radius 2 is 2.20 bits per heavy atom. The Kier molecular flexibility index (Phi) is 1.95. The molecule has 0 amide bonds. The van der Waals surface area contributed by atoms with Gasteiger partial charge in [0.25, 0.3) is 0 Å². The molecule has 0 radical (unpaired) electrons. The van der Waals surface area contributed by atoms with Crippen LogP contribution >= 0.6 is 23.2 Å². The van der Waals surface area contributed by atoms with Gasteiger partial charge in [-0.2, -0.15) is 0 Å². The predicted octanol–water partition coefficient (Wildman–Crippen LogP) is 0.900. The molecular formula is C6H8Cl2N2. The van der Waals surface area contributed by atoms with Gasteiger partial charge in [0.2, 0.25) is 0 Å². The van der Waals surface area contributed by atoms with Crippen LogP contribution in [0.1, 0.15) is 0 Å². The average molecular weight is 179 g/mol. The first-order valence-corrected chi connectivity index (χ1v) is 3.62. The van der Waals surface area contributed by atoms with Crippen LogP contribution in [0.5, 0.6) is 0 Å². The quantitative estimate of drug-likeness (QED) is 0.428. The van der Waals surface area contributed by atoms with Crippen molar-refractivity contribution >= 4 is 23.2 Å². The number of halogens is 2. The van der Waals surface area contributed by atoms with Gasteiger partial charge in [-0.25, -0.2) is 0 Å². The first-order valence-electron chi connectivity index (χ1n) is 2.81. The Morgan fingerprint density at radius 3 is 2.60 bits per heavy atom. The molecule has 0 spiro atoms. The second kappa shape index (κ2) is 2.46. The number of alkyl halides is 2. The molecule has 2 nitrogen and oxygen atoms in total. The molecule has 1 rings (SSSR count). The third-order valence-corrected chi connectivity index (χ3v) is 2.25. The van der Waals surface area contributed by atoms with E-state index < -0.39 is 10.4 Å². The zero-order chi connectivity index (χ0) is 7.78. The highest BCUT2D eigenvalue weighted by molar-refractivity contribution is 6.34. The number of rotatable bonds is 0. The molecule has 1 aliphatic rings. The lowest BCUT2D eigenvalue weighted by Gasteiger charge is -2.24. The highest BCUT2D eigenvalue weighted by Gasteiger charge is 2.28. The average Bonchev–Trinajstić information content (AvgIpc) is 1.81. The smallest absolute Gasteiger partial charge is 0.130 e. The molecule has 0 heterocycles. The molecule has 56 valence electrons. The summed E-state index contributed by atoms with van der Waals surface area (Å²) in [6, 6.07) is 0. The topological polar surface area (TPSA) is 52.0 Å². The van der Waals surface area contributed by atoms with Crippen molar-refractivity contribution < 1.29 is 0 Å². The van der Waals surface area contributed by atoms with Gasteiger partial charge in [-0.3, -0.25) is 0 Å². The zero-order valence-electron chi connectivity index (χ0n) is 5.22. The van der Waals surface area contributed by atoms with Crippen molar-refractivity contribution in [1.82, 2.24) is 0 Å². The molecule has 0 aromatic carbocycles. The summed E-state index contributed by atoms with van der Waals surface area (Å²) in [5.41, 5.74) is 11.6. The molecule has 0 aromatic heterocycles. The minimum atomic E-state index is -0.982. The molecule has 0 bridgehead atoms. The Bertz CT molecular complexity index is 196. The minimum absolute atomic E-state index is 0.431. The van der Waals surface area contributed by atoms with Crippen molar-refractivity contribution in [2.24, 2.45) is 11.5 Å². The van der Waals surface area contributed by atoms with E-state index in [1.54, 1.807) is 18.2 Å². The second-order valence-electron chi connectivity index (χ2n) is 2.23. The van der Waals surface area contributed by atoms with Crippen LogP contribution in [0.3, 0.4) is 0 Å². The van der Waals surface area contributed by atoms with Crippen molar-refractivity contribution in [3.05, 3.63) is 23.9 Å². The summed E-state index contributed by atoms with van der Waals surface area (Å²) in [5, 5.41) is -0.431. The molecule has 1 aliphatic carbocycles. The van der Waals surface area contributed by atoms with Gasteiger partial charge in [0.05, 0.1) is 5.38 Å². The second-order valence-corrected chi connectivity index (χ2v) is 3.35. The summed E-state index contributed by atoms with van der Waals surface area (Å²) in [6.45, 7) is 0. The van der Waals surface area contributed by atoms with Gasteiger partial charge >= 0.3 is 0 Å². The van der Waals surface area contributed by atoms with Crippen LogP contribution in [0.15, 0.2) is 23.9 Å². The molecule has 4 heteroatoms. The summed E-state index contributed by atoms with van der Waals surface area (Å²) in [7, 11) is 0. The van der Waals surface area contributed by atoms with Crippen molar-refractivity contribution in [2.45, 2.75) is 10.4 Å². The van der Waals surface area contributed by atoms with Gasteiger partial charge in [-0.15, -0.1) is 11.6 Å². The van der Waals surface area contributed by atoms with E-state index in [-0.39, 0.29) is 0 Å². The van der Waals surface area contributed by atoms with E-state index in [4.69, 9.17) is 34.7 Å². The maximum absolute atomic E-state index is 5.75. The third kappa shape index (κ3) is 1.45. The maximum Gasteiger partial charge on any atom is 0.130 e. The van der Waals surface area contributed by atoms with Crippen molar-refractivity contribution in [3.8, 4) is 0 Å². The Labute approximate surface area is 69.5 Å². The minimum Gasteiger partial charge on any atom is -0.399 e. The van der Waals surface area contributed by atoms with E-state index in [0.717, 1.165) is 0 Å². The lowest BCUT2D eigenvalue weighted by molar-refractivity contribution is 0.743. The summed E-state index contributed by atoms with van der Waals surface area (Å²) in [5.74, 6) is 0. The Balaban J connectivity index is 2.84. The van der Waals surface area contributed by atoms with Gasteiger partial charge in [0.1, 0.15) is 5.00 Å². The number of hydrogen-bond acceptors (Lipinski definition) is 2. The van der Waals surface area contributed by atoms with Gasteiger partial charge in [0.15, 0.2) is 0 Å². The molecular weight excluding hydrogens is 171 g/mol. The molecule has 0 aliphatic heterocycles. The first kappa shape index (κ1) is 7.92. The predicted molar refractivity (Wildman–Crippen MR) is 43.8 cm³/mol. The Hall–Kier alpha value is -0.180. The Morgan fingerprint density at radius 1 is 1.60 bits per heavy atom. The fraction of sp³-hybridized carbons (Fsp3) is 0.333. The zero-order valence-corrected chi connectivity index (χ0v) is 6.73. The molecule has 2 unspecified atom stereocenters. The highest BCUT2D eigenvalue weighted by atomic mass is 35.5. The number of allylic oxidation sites excluding steroid dienone is 1. The van der Waals surface area contributed by atoms with Crippen LogP contribution in [0.4, 0.5) is 0 Å². The fourth-order valence-corrected chi connectivity index (χ4v) is 1.01. The largest absolute Gasteiger partial charge is 0.399 e.